The van der Waals surface area contributed by atoms with Gasteiger partial charge >= 0.3 is 0 Å². The van der Waals surface area contributed by atoms with E-state index in [0.717, 1.165) is 75.4 Å². The molecular formula is C21H33IN6O2. The van der Waals surface area contributed by atoms with Crippen molar-refractivity contribution in [1.29, 1.82) is 0 Å². The van der Waals surface area contributed by atoms with Crippen molar-refractivity contribution < 1.29 is 9.47 Å². The molecule has 0 aliphatic carbocycles. The lowest BCUT2D eigenvalue weighted by Crippen LogP contribution is -2.40. The van der Waals surface area contributed by atoms with E-state index in [1.165, 1.54) is 0 Å². The molecule has 0 radical (unpaired) electrons. The van der Waals surface area contributed by atoms with Gasteiger partial charge < -0.3 is 20.1 Å². The average molecular weight is 528 g/mol. The number of aliphatic imine (C=N–C) groups is 1. The van der Waals surface area contributed by atoms with E-state index in [1.807, 2.05) is 41.2 Å². The normalized spacial score (nSPS) is 14.8. The molecule has 30 heavy (non-hydrogen) atoms. The van der Waals surface area contributed by atoms with Gasteiger partial charge in [0.05, 0.1) is 38.2 Å². The number of guanidine groups is 1. The highest BCUT2D eigenvalue weighted by molar-refractivity contribution is 14.0. The predicted octanol–water partition coefficient (Wildman–Crippen LogP) is 2.28. The molecule has 0 atom stereocenters. The molecule has 9 heteroatoms. The summed E-state index contributed by atoms with van der Waals surface area (Å²) in [6, 6.07) is 9.82. The number of methoxy groups -OCH3 is 1. The number of rotatable bonds is 9. The molecule has 0 bridgehead atoms. The summed E-state index contributed by atoms with van der Waals surface area (Å²) in [5.74, 6) is 1.66. The largest absolute Gasteiger partial charge is 0.497 e. The molecule has 0 amide bonds. The molecule has 1 saturated heterocycles. The van der Waals surface area contributed by atoms with E-state index in [0.29, 0.717) is 6.54 Å². The summed E-state index contributed by atoms with van der Waals surface area (Å²) in [6.07, 6.45) is 3.03. The molecule has 8 nitrogen and oxygen atoms in total. The fourth-order valence-corrected chi connectivity index (χ4v) is 3.16. The van der Waals surface area contributed by atoms with E-state index < -0.39 is 0 Å². The fraction of sp³-hybridized carbons (Fsp3) is 0.524. The molecule has 0 unspecified atom stereocenters. The summed E-state index contributed by atoms with van der Waals surface area (Å²) in [5.41, 5.74) is 1.92. The van der Waals surface area contributed by atoms with Crippen LogP contribution in [-0.2, 0) is 11.3 Å². The van der Waals surface area contributed by atoms with Gasteiger partial charge in [-0.2, -0.15) is 5.10 Å². The van der Waals surface area contributed by atoms with Crippen molar-refractivity contribution in [3.8, 4) is 11.4 Å². The number of hydrogen-bond donors (Lipinski definition) is 2. The third-order valence-electron chi connectivity index (χ3n) is 4.77. The van der Waals surface area contributed by atoms with Gasteiger partial charge in [0.15, 0.2) is 5.96 Å². The van der Waals surface area contributed by atoms with E-state index in [1.54, 1.807) is 7.11 Å². The lowest BCUT2D eigenvalue weighted by molar-refractivity contribution is 0.0376. The Morgan fingerprint density at radius 3 is 2.63 bits per heavy atom. The molecule has 1 aromatic heterocycles. The Kier molecular flexibility index (Phi) is 11.0. The summed E-state index contributed by atoms with van der Waals surface area (Å²) < 4.78 is 12.4. The van der Waals surface area contributed by atoms with Crippen molar-refractivity contribution in [2.24, 2.45) is 4.99 Å². The first-order valence-corrected chi connectivity index (χ1v) is 10.3. The Bertz CT molecular complexity index is 759. The molecule has 1 aliphatic heterocycles. The number of halogens is 1. The first kappa shape index (κ1) is 24.4. The standard InChI is InChI=1S/C21H32N6O2.HI/c1-3-22-21(23-10-4-11-26-13-15-29-16-14-26)24-17-18-9-12-27(25-18)19-5-7-20(28-2)8-6-19;/h5-9,12H,3-4,10-11,13-17H2,1-2H3,(H2,22,23,24);1H. The predicted molar refractivity (Wildman–Crippen MR) is 130 cm³/mol. The van der Waals surface area contributed by atoms with E-state index in [2.05, 4.69) is 32.5 Å². The highest BCUT2D eigenvalue weighted by Gasteiger charge is 2.09. The Morgan fingerprint density at radius 2 is 1.93 bits per heavy atom. The van der Waals surface area contributed by atoms with Crippen LogP contribution >= 0.6 is 24.0 Å². The van der Waals surface area contributed by atoms with Crippen molar-refractivity contribution >= 4 is 29.9 Å². The maximum absolute atomic E-state index is 5.39. The van der Waals surface area contributed by atoms with Gasteiger partial charge in [-0.15, -0.1) is 24.0 Å². The van der Waals surface area contributed by atoms with Gasteiger partial charge in [-0.05, 0) is 50.2 Å². The Morgan fingerprint density at radius 1 is 1.17 bits per heavy atom. The van der Waals surface area contributed by atoms with Crippen molar-refractivity contribution in [3.63, 3.8) is 0 Å². The molecule has 1 aliphatic rings. The van der Waals surface area contributed by atoms with Crippen LogP contribution in [0, 0.1) is 0 Å². The number of aromatic nitrogens is 2. The molecule has 1 aromatic carbocycles. The third kappa shape index (κ3) is 7.77. The van der Waals surface area contributed by atoms with Gasteiger partial charge in [0.25, 0.3) is 0 Å². The van der Waals surface area contributed by atoms with Crippen LogP contribution in [0.2, 0.25) is 0 Å². The zero-order valence-corrected chi connectivity index (χ0v) is 20.2. The Labute approximate surface area is 196 Å². The number of morpholine rings is 1. The lowest BCUT2D eigenvalue weighted by atomic mass is 10.3. The van der Waals surface area contributed by atoms with Crippen LogP contribution in [0.15, 0.2) is 41.5 Å². The van der Waals surface area contributed by atoms with Gasteiger partial charge in [-0.1, -0.05) is 0 Å². The van der Waals surface area contributed by atoms with E-state index >= 15 is 0 Å². The highest BCUT2D eigenvalue weighted by atomic mass is 127. The third-order valence-corrected chi connectivity index (χ3v) is 4.77. The molecule has 1 fully saturated rings. The van der Waals surface area contributed by atoms with Crippen molar-refractivity contribution in [3.05, 3.63) is 42.2 Å². The van der Waals surface area contributed by atoms with Crippen LogP contribution in [0.1, 0.15) is 19.0 Å². The second-order valence-corrected chi connectivity index (χ2v) is 6.88. The first-order chi connectivity index (χ1) is 14.3. The minimum absolute atomic E-state index is 0. The zero-order valence-electron chi connectivity index (χ0n) is 17.8. The minimum atomic E-state index is 0. The maximum Gasteiger partial charge on any atom is 0.191 e. The van der Waals surface area contributed by atoms with Crippen LogP contribution in [0.4, 0.5) is 0 Å². The van der Waals surface area contributed by atoms with Crippen molar-refractivity contribution in [2.75, 3.05) is 53.0 Å². The molecule has 0 spiro atoms. The smallest absolute Gasteiger partial charge is 0.191 e. The van der Waals surface area contributed by atoms with Crippen LogP contribution in [0.5, 0.6) is 5.75 Å². The van der Waals surface area contributed by atoms with E-state index in [9.17, 15) is 0 Å². The molecule has 3 rings (SSSR count). The van der Waals surface area contributed by atoms with Crippen LogP contribution in [-0.4, -0.2) is 73.7 Å². The number of hydrogen-bond acceptors (Lipinski definition) is 5. The second kappa shape index (κ2) is 13.5. The summed E-state index contributed by atoms with van der Waals surface area (Å²) in [7, 11) is 1.66. The SMILES string of the molecule is CCNC(=NCc1ccn(-c2ccc(OC)cc2)n1)NCCCN1CCOCC1.I. The molecule has 166 valence electrons. The second-order valence-electron chi connectivity index (χ2n) is 6.88. The van der Waals surface area contributed by atoms with Gasteiger partial charge in [0.1, 0.15) is 5.75 Å². The van der Waals surface area contributed by atoms with E-state index in [4.69, 9.17) is 9.47 Å². The summed E-state index contributed by atoms with van der Waals surface area (Å²) in [4.78, 5) is 7.11. The monoisotopic (exact) mass is 528 g/mol. The lowest BCUT2D eigenvalue weighted by Gasteiger charge is -2.26. The quantitative estimate of drug-likeness (QED) is 0.225. The number of benzene rings is 1. The first-order valence-electron chi connectivity index (χ1n) is 10.3. The van der Waals surface area contributed by atoms with Crippen molar-refractivity contribution in [2.45, 2.75) is 19.9 Å². The highest BCUT2D eigenvalue weighted by Crippen LogP contribution is 2.14. The van der Waals surface area contributed by atoms with Gasteiger partial charge in [-0.25, -0.2) is 9.67 Å². The van der Waals surface area contributed by atoms with Gasteiger partial charge in [0.2, 0.25) is 0 Å². The molecule has 2 aromatic rings. The summed E-state index contributed by atoms with van der Waals surface area (Å²) in [6.45, 7) is 9.17. The fourth-order valence-electron chi connectivity index (χ4n) is 3.16. The van der Waals surface area contributed by atoms with Crippen LogP contribution in [0.25, 0.3) is 5.69 Å². The van der Waals surface area contributed by atoms with Gasteiger partial charge in [0, 0.05) is 32.4 Å². The Balaban J connectivity index is 0.00000320. The van der Waals surface area contributed by atoms with Crippen LogP contribution < -0.4 is 15.4 Å². The molecular weight excluding hydrogens is 495 g/mol. The molecule has 2 N–H and O–H groups in total. The molecule has 2 heterocycles. The number of nitrogens with one attached hydrogen (secondary N) is 2. The van der Waals surface area contributed by atoms with Crippen LogP contribution in [0.3, 0.4) is 0 Å². The topological polar surface area (TPSA) is 75.9 Å². The van der Waals surface area contributed by atoms with Gasteiger partial charge in [-0.3, -0.25) is 4.90 Å². The zero-order chi connectivity index (χ0) is 20.3. The summed E-state index contributed by atoms with van der Waals surface area (Å²) >= 11 is 0. The number of ether oxygens (including phenoxy) is 2. The van der Waals surface area contributed by atoms with E-state index in [-0.39, 0.29) is 24.0 Å². The number of nitrogens with zero attached hydrogens (tertiary/aromatic N) is 4. The van der Waals surface area contributed by atoms with Crippen molar-refractivity contribution in [1.82, 2.24) is 25.3 Å². The maximum atomic E-state index is 5.39. The summed E-state index contributed by atoms with van der Waals surface area (Å²) in [5, 5.41) is 11.3. The Hall–Kier alpha value is -1.85. The minimum Gasteiger partial charge on any atom is -0.497 e. The average Bonchev–Trinajstić information content (AvgIpc) is 3.25. The molecule has 0 saturated carbocycles.